The van der Waals surface area contributed by atoms with Crippen molar-refractivity contribution in [3.63, 3.8) is 0 Å². The van der Waals surface area contributed by atoms with Crippen LogP contribution in [0.25, 0.3) is 17.0 Å². The van der Waals surface area contributed by atoms with Crippen LogP contribution in [0.2, 0.25) is 0 Å². The molecule has 2 aromatic rings. The number of ether oxygens (including phenoxy) is 1. The fourth-order valence-electron chi connectivity index (χ4n) is 1.65. The van der Waals surface area contributed by atoms with Crippen LogP contribution in [0.5, 0.6) is 0 Å². The first-order chi connectivity index (χ1) is 6.83. The van der Waals surface area contributed by atoms with Gasteiger partial charge in [-0.25, -0.2) is 0 Å². The molecule has 0 atom stereocenters. The summed E-state index contributed by atoms with van der Waals surface area (Å²) in [6.07, 6.45) is 5.77. The van der Waals surface area contributed by atoms with E-state index < -0.39 is 0 Å². The van der Waals surface area contributed by atoms with Crippen LogP contribution in [0.15, 0.2) is 36.7 Å². The standard InChI is InChI=1S/C12H13NO/c1-13-9-10(7-8-14-2)11-5-3-4-6-12(11)13/h3-9H,1-2H3/b8-7-. The van der Waals surface area contributed by atoms with E-state index >= 15 is 0 Å². The zero-order valence-corrected chi connectivity index (χ0v) is 8.40. The molecule has 0 aliphatic heterocycles. The monoisotopic (exact) mass is 187 g/mol. The van der Waals surface area contributed by atoms with Crippen molar-refractivity contribution in [1.82, 2.24) is 4.57 Å². The van der Waals surface area contributed by atoms with E-state index in [1.165, 1.54) is 16.5 Å². The first-order valence-electron chi connectivity index (χ1n) is 4.56. The van der Waals surface area contributed by atoms with Gasteiger partial charge in [-0.05, 0) is 12.1 Å². The van der Waals surface area contributed by atoms with Gasteiger partial charge in [0.1, 0.15) is 0 Å². The highest BCUT2D eigenvalue weighted by atomic mass is 16.5. The number of rotatable bonds is 2. The number of fused-ring (bicyclic) bond motifs is 1. The number of aryl methyl sites for hydroxylation is 1. The van der Waals surface area contributed by atoms with E-state index in [0.29, 0.717) is 0 Å². The molecule has 0 radical (unpaired) electrons. The third kappa shape index (κ3) is 1.39. The first-order valence-corrected chi connectivity index (χ1v) is 4.56. The maximum absolute atomic E-state index is 4.91. The molecule has 2 nitrogen and oxygen atoms in total. The minimum Gasteiger partial charge on any atom is -0.504 e. The number of hydrogen-bond donors (Lipinski definition) is 0. The average Bonchev–Trinajstić information content (AvgIpc) is 2.54. The van der Waals surface area contributed by atoms with E-state index in [4.69, 9.17) is 4.74 Å². The molecule has 0 saturated carbocycles. The van der Waals surface area contributed by atoms with Gasteiger partial charge in [-0.1, -0.05) is 18.2 Å². The summed E-state index contributed by atoms with van der Waals surface area (Å²) in [6.45, 7) is 0. The van der Waals surface area contributed by atoms with Crippen molar-refractivity contribution in [2.24, 2.45) is 7.05 Å². The molecule has 1 aromatic carbocycles. The zero-order valence-electron chi connectivity index (χ0n) is 8.40. The molecule has 0 fully saturated rings. The molecule has 0 bridgehead atoms. The van der Waals surface area contributed by atoms with Crippen LogP contribution in [0.1, 0.15) is 5.56 Å². The Morgan fingerprint density at radius 2 is 2.07 bits per heavy atom. The lowest BCUT2D eigenvalue weighted by Crippen LogP contribution is -1.81. The van der Waals surface area contributed by atoms with Gasteiger partial charge >= 0.3 is 0 Å². The quantitative estimate of drug-likeness (QED) is 0.659. The van der Waals surface area contributed by atoms with Crippen LogP contribution in [0, 0.1) is 0 Å². The second-order valence-electron chi connectivity index (χ2n) is 3.25. The van der Waals surface area contributed by atoms with Crippen molar-refractivity contribution < 1.29 is 4.74 Å². The normalized spacial score (nSPS) is 11.3. The molecule has 2 heteroatoms. The van der Waals surface area contributed by atoms with Gasteiger partial charge in [0.15, 0.2) is 0 Å². The highest BCUT2D eigenvalue weighted by Crippen LogP contribution is 2.21. The topological polar surface area (TPSA) is 14.2 Å². The minimum absolute atomic E-state index is 1.19. The van der Waals surface area contributed by atoms with Gasteiger partial charge in [0.05, 0.1) is 13.4 Å². The van der Waals surface area contributed by atoms with Crippen LogP contribution in [0.4, 0.5) is 0 Å². The van der Waals surface area contributed by atoms with Gasteiger partial charge in [-0.15, -0.1) is 0 Å². The molecule has 0 N–H and O–H groups in total. The van der Waals surface area contributed by atoms with Crippen molar-refractivity contribution >= 4 is 17.0 Å². The molecule has 0 unspecified atom stereocenters. The molecule has 14 heavy (non-hydrogen) atoms. The first kappa shape index (κ1) is 8.88. The summed E-state index contributed by atoms with van der Waals surface area (Å²) in [6, 6.07) is 8.32. The lowest BCUT2D eigenvalue weighted by atomic mass is 10.2. The summed E-state index contributed by atoms with van der Waals surface area (Å²) in [7, 11) is 3.70. The van der Waals surface area contributed by atoms with Gasteiger partial charge in [-0.2, -0.15) is 0 Å². The lowest BCUT2D eigenvalue weighted by molar-refractivity contribution is 0.341. The van der Waals surface area contributed by atoms with Crippen molar-refractivity contribution in [2.45, 2.75) is 0 Å². The predicted octanol–water partition coefficient (Wildman–Crippen LogP) is 2.80. The van der Waals surface area contributed by atoms with Crippen LogP contribution in [-0.4, -0.2) is 11.7 Å². The van der Waals surface area contributed by atoms with Crippen LogP contribution >= 0.6 is 0 Å². The van der Waals surface area contributed by atoms with E-state index in [2.05, 4.69) is 22.9 Å². The highest BCUT2D eigenvalue weighted by Gasteiger charge is 2.01. The molecule has 2 rings (SSSR count). The molecule has 0 amide bonds. The minimum atomic E-state index is 1.19. The van der Waals surface area contributed by atoms with Crippen LogP contribution < -0.4 is 0 Å². The maximum atomic E-state index is 4.91. The van der Waals surface area contributed by atoms with E-state index in [1.54, 1.807) is 13.4 Å². The van der Waals surface area contributed by atoms with Gasteiger partial charge < -0.3 is 9.30 Å². The van der Waals surface area contributed by atoms with Gasteiger partial charge in [0.2, 0.25) is 0 Å². The number of aromatic nitrogens is 1. The van der Waals surface area contributed by atoms with Crippen molar-refractivity contribution in [1.29, 1.82) is 0 Å². The summed E-state index contributed by atoms with van der Waals surface area (Å²) >= 11 is 0. The van der Waals surface area contributed by atoms with Gasteiger partial charge in [0.25, 0.3) is 0 Å². The van der Waals surface area contributed by atoms with Crippen molar-refractivity contribution in [3.05, 3.63) is 42.3 Å². The van der Waals surface area contributed by atoms with Crippen LogP contribution in [-0.2, 0) is 11.8 Å². The summed E-state index contributed by atoms with van der Waals surface area (Å²) in [4.78, 5) is 0. The Labute approximate surface area is 83.4 Å². The molecule has 0 saturated heterocycles. The molecule has 0 aliphatic rings. The Hall–Kier alpha value is -1.70. The zero-order chi connectivity index (χ0) is 9.97. The Balaban J connectivity index is 2.61. The van der Waals surface area contributed by atoms with E-state index in [9.17, 15) is 0 Å². The second kappa shape index (κ2) is 3.58. The number of hydrogen-bond acceptors (Lipinski definition) is 1. The van der Waals surface area contributed by atoms with E-state index in [-0.39, 0.29) is 0 Å². The molecular weight excluding hydrogens is 174 g/mol. The van der Waals surface area contributed by atoms with Crippen LogP contribution in [0.3, 0.4) is 0 Å². The lowest BCUT2D eigenvalue weighted by Gasteiger charge is -1.92. The van der Waals surface area contributed by atoms with E-state index in [0.717, 1.165) is 0 Å². The Morgan fingerprint density at radius 3 is 2.86 bits per heavy atom. The summed E-state index contributed by atoms with van der Waals surface area (Å²) < 4.78 is 7.03. The highest BCUT2D eigenvalue weighted by molar-refractivity contribution is 5.89. The molecule has 0 aliphatic carbocycles. The Morgan fingerprint density at radius 1 is 1.29 bits per heavy atom. The van der Waals surface area contributed by atoms with Gasteiger partial charge in [-0.3, -0.25) is 0 Å². The third-order valence-corrected chi connectivity index (χ3v) is 2.31. The average molecular weight is 187 g/mol. The molecular formula is C12H13NO. The smallest absolute Gasteiger partial charge is 0.0831 e. The summed E-state index contributed by atoms with van der Waals surface area (Å²) in [5.74, 6) is 0. The Kier molecular flexibility index (Phi) is 2.27. The van der Waals surface area contributed by atoms with E-state index in [1.807, 2.05) is 25.3 Å². The van der Waals surface area contributed by atoms with Crippen molar-refractivity contribution in [3.8, 4) is 0 Å². The molecule has 1 aromatic heterocycles. The number of nitrogens with zero attached hydrogens (tertiary/aromatic N) is 1. The fourth-order valence-corrected chi connectivity index (χ4v) is 1.65. The number of benzene rings is 1. The molecule has 1 heterocycles. The van der Waals surface area contributed by atoms with Crippen molar-refractivity contribution in [2.75, 3.05) is 7.11 Å². The third-order valence-electron chi connectivity index (χ3n) is 2.31. The summed E-state index contributed by atoms with van der Waals surface area (Å²) in [5.41, 5.74) is 2.42. The Bertz CT molecular complexity index is 468. The maximum Gasteiger partial charge on any atom is 0.0831 e. The molecule has 72 valence electrons. The second-order valence-corrected chi connectivity index (χ2v) is 3.25. The number of methoxy groups -OCH3 is 1. The number of para-hydroxylation sites is 1. The summed E-state index contributed by atoms with van der Waals surface area (Å²) in [5, 5.41) is 1.25. The predicted molar refractivity (Wildman–Crippen MR) is 59.0 cm³/mol. The SMILES string of the molecule is CO/C=C\c1cn(C)c2ccccc12. The largest absolute Gasteiger partial charge is 0.504 e. The molecule has 0 spiro atoms. The fraction of sp³-hybridized carbons (Fsp3) is 0.167. The van der Waals surface area contributed by atoms with Gasteiger partial charge in [0, 0.05) is 29.7 Å².